The molecule has 0 N–H and O–H groups in total. The van der Waals surface area contributed by atoms with Gasteiger partial charge in [0.25, 0.3) is 5.69 Å². The van der Waals surface area contributed by atoms with Gasteiger partial charge in [-0.25, -0.2) is 67.0 Å². The third-order valence-electron chi connectivity index (χ3n) is 7.56. The van der Waals surface area contributed by atoms with Crippen LogP contribution in [0.2, 0.25) is 0 Å². The van der Waals surface area contributed by atoms with E-state index in [1.54, 1.807) is 18.2 Å². The third-order valence-corrected chi connectivity index (χ3v) is 16.0. The van der Waals surface area contributed by atoms with Gasteiger partial charge < -0.3 is 4.74 Å². The molecule has 5 heterocycles. The standard InChI is InChI=1S/C10H11NO3S2.C8H7NO2S2.C7H6F3NO2S.C7H6N2O2S.C6H6N2O4S/c1-3-14-7-4-5-8-9(6-7)15-10(11-8)16(2,12)13;1-13(10,11)8-9-6-4-2-3-5-7(6)12-8;1-14(12,13)6-3-2-5(4-11-6)7(8,9)10;1-12(10,11)7-3-2-6(4-8)5-9-7;1-13(11,12)6-3-2-5(4-7-6)8(9)10/h4-6H,3H2,1-2H3;2-5H,1H3;2-4H,1H3;2-3,5H,1H3;2-4H,1H3. The number of rotatable bonds is 8. The average molecular weight is 1080 g/mol. The van der Waals surface area contributed by atoms with Crippen molar-refractivity contribution < 1.29 is 64.9 Å². The number of ether oxygens (including phenoxy) is 1. The highest BCUT2D eigenvalue weighted by Gasteiger charge is 2.31. The van der Waals surface area contributed by atoms with E-state index in [2.05, 4.69) is 24.9 Å². The molecule has 0 bridgehead atoms. The second-order valence-electron chi connectivity index (χ2n) is 13.3. The first kappa shape index (κ1) is 56.2. The van der Waals surface area contributed by atoms with Crippen LogP contribution in [0.1, 0.15) is 18.1 Å². The smallest absolute Gasteiger partial charge is 0.417 e. The van der Waals surface area contributed by atoms with Crippen molar-refractivity contribution in [2.24, 2.45) is 0 Å². The number of benzene rings is 2. The van der Waals surface area contributed by atoms with E-state index < -0.39 is 65.8 Å². The number of hydrogen-bond acceptors (Lipinski definition) is 21. The average Bonchev–Trinajstić information content (AvgIpc) is 3.90. The summed E-state index contributed by atoms with van der Waals surface area (Å²) in [5.74, 6) is 0.735. The lowest BCUT2D eigenvalue weighted by Crippen LogP contribution is -2.07. The number of sulfone groups is 5. The zero-order chi connectivity index (χ0) is 51.5. The zero-order valence-electron chi connectivity index (χ0n) is 35.9. The van der Waals surface area contributed by atoms with Gasteiger partial charge in [0.15, 0.2) is 44.6 Å². The molecule has 0 spiro atoms. The van der Waals surface area contributed by atoms with Crippen molar-refractivity contribution in [3.63, 3.8) is 0 Å². The maximum absolute atomic E-state index is 12.0. The Morgan fingerprint density at radius 3 is 1.49 bits per heavy atom. The lowest BCUT2D eigenvalue weighted by Gasteiger charge is -2.05. The zero-order valence-corrected chi connectivity index (χ0v) is 41.6. The van der Waals surface area contributed by atoms with Gasteiger partial charge in [-0.1, -0.05) is 12.1 Å². The van der Waals surface area contributed by atoms with Crippen molar-refractivity contribution in [2.45, 2.75) is 36.9 Å². The van der Waals surface area contributed by atoms with Crippen LogP contribution in [-0.4, -0.2) is 110 Å². The Bertz CT molecular complexity index is 3480. The van der Waals surface area contributed by atoms with Crippen LogP contribution in [0, 0.1) is 21.4 Å². The molecule has 0 amide bonds. The van der Waals surface area contributed by atoms with Crippen LogP contribution in [-0.2, 0) is 55.4 Å². The van der Waals surface area contributed by atoms with Gasteiger partial charge in [0, 0.05) is 49.7 Å². The van der Waals surface area contributed by atoms with Crippen LogP contribution in [0.5, 0.6) is 5.75 Å². The molecule has 0 atom stereocenters. The van der Waals surface area contributed by atoms with Gasteiger partial charge in [-0.3, -0.25) is 10.1 Å². The minimum absolute atomic E-state index is 0.0125. The summed E-state index contributed by atoms with van der Waals surface area (Å²) in [5.41, 5.74) is 0.585. The molecular formula is C38H36F3N7O13S7. The van der Waals surface area contributed by atoms with Gasteiger partial charge in [-0.15, -0.1) is 22.7 Å². The van der Waals surface area contributed by atoms with Gasteiger partial charge in [0.1, 0.15) is 18.0 Å². The molecule has 0 saturated carbocycles. The number of nitro groups is 1. The summed E-state index contributed by atoms with van der Waals surface area (Å²) in [4.78, 5) is 27.9. The van der Waals surface area contributed by atoms with E-state index in [9.17, 15) is 65.4 Å². The van der Waals surface area contributed by atoms with Crippen LogP contribution in [0.25, 0.3) is 20.4 Å². The molecule has 0 aliphatic rings. The first-order valence-electron chi connectivity index (χ1n) is 18.1. The second kappa shape index (κ2) is 22.8. The molecule has 2 aromatic carbocycles. The van der Waals surface area contributed by atoms with E-state index >= 15 is 0 Å². The van der Waals surface area contributed by atoms with Crippen molar-refractivity contribution in [3.8, 4) is 11.8 Å². The molecule has 0 aliphatic heterocycles. The van der Waals surface area contributed by atoms with E-state index in [0.29, 0.717) is 30.0 Å². The van der Waals surface area contributed by atoms with E-state index in [1.807, 2.05) is 37.3 Å². The molecule has 7 aromatic rings. The highest BCUT2D eigenvalue weighted by atomic mass is 32.2. The summed E-state index contributed by atoms with van der Waals surface area (Å²) in [6, 6.07) is 21.0. The number of hydrogen-bond donors (Lipinski definition) is 0. The minimum Gasteiger partial charge on any atom is -0.494 e. The largest absolute Gasteiger partial charge is 0.494 e. The van der Waals surface area contributed by atoms with E-state index in [0.717, 1.165) is 70.1 Å². The third kappa shape index (κ3) is 17.5. The summed E-state index contributed by atoms with van der Waals surface area (Å²) in [6.07, 6.45) is 3.41. The Balaban J connectivity index is 0.000000226. The highest BCUT2D eigenvalue weighted by Crippen LogP contribution is 2.30. The molecule has 0 unspecified atom stereocenters. The van der Waals surface area contributed by atoms with E-state index in [1.165, 1.54) is 47.3 Å². The van der Waals surface area contributed by atoms with Crippen LogP contribution >= 0.6 is 22.7 Å². The molecular weight excluding hydrogens is 1040 g/mol. The summed E-state index contributed by atoms with van der Waals surface area (Å²) in [6.45, 7) is 2.49. The fourth-order valence-electron chi connectivity index (χ4n) is 4.44. The summed E-state index contributed by atoms with van der Waals surface area (Å²) >= 11 is 2.37. The molecule has 30 heteroatoms. The van der Waals surface area contributed by atoms with Gasteiger partial charge in [-0.05, 0) is 67.6 Å². The van der Waals surface area contributed by atoms with Crippen molar-refractivity contribution >= 4 is 98.0 Å². The predicted octanol–water partition coefficient (Wildman–Crippen LogP) is 6.05. The van der Waals surface area contributed by atoms with Crippen LogP contribution < -0.4 is 4.74 Å². The molecule has 0 aliphatic carbocycles. The monoisotopic (exact) mass is 1080 g/mol. The van der Waals surface area contributed by atoms with Crippen LogP contribution in [0.15, 0.2) is 121 Å². The Morgan fingerprint density at radius 2 is 1.10 bits per heavy atom. The number of nitrogens with zero attached hydrogens (tertiary/aromatic N) is 7. The first-order valence-corrected chi connectivity index (χ1v) is 29.2. The molecule has 0 saturated heterocycles. The number of halogens is 3. The van der Waals surface area contributed by atoms with Crippen molar-refractivity contribution in [1.82, 2.24) is 24.9 Å². The number of para-hydroxylation sites is 1. The predicted molar refractivity (Wildman–Crippen MR) is 245 cm³/mol. The fourth-order valence-corrected chi connectivity index (χ4v) is 9.82. The Morgan fingerprint density at radius 1 is 0.632 bits per heavy atom. The summed E-state index contributed by atoms with van der Waals surface area (Å²) < 4.78 is 154. The molecule has 5 aromatic heterocycles. The molecule has 0 radical (unpaired) electrons. The van der Waals surface area contributed by atoms with Gasteiger partial charge in [-0.2, -0.15) is 18.4 Å². The number of thiazole rings is 2. The lowest BCUT2D eigenvalue weighted by molar-refractivity contribution is -0.385. The number of alkyl halides is 3. The lowest BCUT2D eigenvalue weighted by atomic mass is 10.3. The topological polar surface area (TPSA) is 311 Å². The van der Waals surface area contributed by atoms with Crippen LogP contribution in [0.3, 0.4) is 0 Å². The molecule has 7 rings (SSSR count). The van der Waals surface area contributed by atoms with Crippen molar-refractivity contribution in [3.05, 3.63) is 119 Å². The van der Waals surface area contributed by atoms with Crippen molar-refractivity contribution in [2.75, 3.05) is 37.9 Å². The molecule has 68 heavy (non-hydrogen) atoms. The minimum atomic E-state index is -4.50. The number of nitriles is 1. The fraction of sp³-hybridized carbons (Fsp3) is 0.211. The van der Waals surface area contributed by atoms with Crippen molar-refractivity contribution in [1.29, 1.82) is 5.26 Å². The Hall–Kier alpha value is -6.10. The van der Waals surface area contributed by atoms with Gasteiger partial charge in [0.05, 0.1) is 43.1 Å². The maximum atomic E-state index is 12.0. The molecule has 364 valence electrons. The van der Waals surface area contributed by atoms with Gasteiger partial charge in [0.2, 0.25) is 28.4 Å². The second-order valence-corrected chi connectivity index (χ2v) is 25.7. The van der Waals surface area contributed by atoms with E-state index in [-0.39, 0.29) is 29.4 Å². The SMILES string of the molecule is CCOc1ccc2nc(S(C)(=O)=O)sc2c1.CS(=O)(=O)c1ccc(C#N)cn1.CS(=O)(=O)c1ccc(C(F)(F)F)cn1.CS(=O)(=O)c1ccc([N+](=O)[O-])cn1.CS(=O)(=O)c1nc2ccccc2s1. The molecule has 0 fully saturated rings. The Labute approximate surface area is 395 Å². The Kier molecular flexibility index (Phi) is 18.9. The van der Waals surface area contributed by atoms with Gasteiger partial charge >= 0.3 is 6.18 Å². The normalized spacial score (nSPS) is 11.8. The first-order chi connectivity index (χ1) is 31.2. The number of fused-ring (bicyclic) bond motifs is 2. The molecule has 20 nitrogen and oxygen atoms in total. The number of aromatic nitrogens is 5. The maximum Gasteiger partial charge on any atom is 0.417 e. The summed E-state index contributed by atoms with van der Waals surface area (Å²) in [7, 11) is -16.6. The number of pyridine rings is 3. The van der Waals surface area contributed by atoms with E-state index in [4.69, 9.17) is 10.00 Å². The highest BCUT2D eigenvalue weighted by molar-refractivity contribution is 7.93. The summed E-state index contributed by atoms with van der Waals surface area (Å²) in [5, 5.41) is 18.0. The van der Waals surface area contributed by atoms with Crippen LogP contribution in [0.4, 0.5) is 18.9 Å². The quantitative estimate of drug-likeness (QED) is 0.123.